The minimum atomic E-state index is -1.53. The van der Waals surface area contributed by atoms with Crippen molar-refractivity contribution in [1.82, 2.24) is 5.32 Å². The Hall–Kier alpha value is -3.27. The number of benzene rings is 2. The third-order valence-electron chi connectivity index (χ3n) is 4.94. The molecule has 0 radical (unpaired) electrons. The number of thiophene rings is 1. The number of hydrogen-bond donors (Lipinski definition) is 2. The van der Waals surface area contributed by atoms with Gasteiger partial charge in [-0.1, -0.05) is 64.9 Å². The summed E-state index contributed by atoms with van der Waals surface area (Å²) in [6, 6.07) is 14.7. The number of rotatable bonds is 7. The van der Waals surface area contributed by atoms with Crippen LogP contribution in [0.2, 0.25) is 10.0 Å². The molecule has 1 aromatic heterocycles. The lowest BCUT2D eigenvalue weighted by Crippen LogP contribution is -2.46. The van der Waals surface area contributed by atoms with Crippen molar-refractivity contribution in [3.05, 3.63) is 70.2 Å². The molecule has 0 saturated heterocycles. The van der Waals surface area contributed by atoms with Gasteiger partial charge >= 0.3 is 12.2 Å². The monoisotopic (exact) mass is 564 g/mol. The summed E-state index contributed by atoms with van der Waals surface area (Å²) in [6.45, 7) is 6.90. The fraction of sp³-hybridized carbons (Fsp3) is 0.269. The molecule has 0 saturated carbocycles. The Kier molecular flexibility index (Phi) is 9.07. The van der Waals surface area contributed by atoms with E-state index >= 15 is 0 Å². The number of carboxylic acid groups (broad SMARTS) is 1. The molecule has 0 fully saturated rings. The van der Waals surface area contributed by atoms with Crippen molar-refractivity contribution in [3.63, 3.8) is 0 Å². The molecular formula is C26H26Cl2N2O6S. The first-order valence-corrected chi connectivity index (χ1v) is 12.8. The number of nitrogens with zero attached hydrogens (tertiary/aromatic N) is 1. The van der Waals surface area contributed by atoms with Crippen LogP contribution in [0, 0.1) is 0 Å². The van der Waals surface area contributed by atoms with Crippen LogP contribution in [0.15, 0.2) is 54.6 Å². The Morgan fingerprint density at radius 1 is 1.08 bits per heavy atom. The van der Waals surface area contributed by atoms with Crippen molar-refractivity contribution in [2.24, 2.45) is 0 Å². The molecule has 0 bridgehead atoms. The van der Waals surface area contributed by atoms with Crippen LogP contribution in [0.3, 0.4) is 0 Å². The molecule has 0 aliphatic heterocycles. The summed E-state index contributed by atoms with van der Waals surface area (Å²) in [6.07, 6.45) is -2.19. The van der Waals surface area contributed by atoms with Crippen molar-refractivity contribution in [2.75, 3.05) is 11.4 Å². The summed E-state index contributed by atoms with van der Waals surface area (Å²) >= 11 is 13.4. The Morgan fingerprint density at radius 2 is 1.76 bits per heavy atom. The first-order valence-electron chi connectivity index (χ1n) is 11.2. The van der Waals surface area contributed by atoms with Crippen molar-refractivity contribution >= 4 is 58.4 Å². The lowest BCUT2D eigenvalue weighted by Gasteiger charge is -2.30. The number of halogens is 2. The number of carbonyl (C=O) groups is 3. The lowest BCUT2D eigenvalue weighted by atomic mass is 10.1. The van der Waals surface area contributed by atoms with Gasteiger partial charge in [-0.3, -0.25) is 9.69 Å². The highest BCUT2D eigenvalue weighted by atomic mass is 35.5. The lowest BCUT2D eigenvalue weighted by molar-refractivity contribution is 0.0523. The number of alkyl carbamates (subject to hydrolysis) is 1. The maximum atomic E-state index is 13.8. The van der Waals surface area contributed by atoms with Gasteiger partial charge in [0.15, 0.2) is 0 Å². The standard InChI is InChI=1S/C26H26Cl2N2O6S/c1-15(14-29-24(32)36-26(2,3)4)30(22(31)18-11-10-17(27)12-19(18)28)20-13-21(16-8-6-5-7-9-16)37-23(20)35-25(33)34/h5-13,15H,14H2,1-4H3,(H,29,32)(H,33,34). The van der Waals surface area contributed by atoms with Gasteiger partial charge in [-0.25, -0.2) is 9.59 Å². The van der Waals surface area contributed by atoms with E-state index in [1.807, 2.05) is 30.3 Å². The number of hydrogen-bond acceptors (Lipinski definition) is 6. The number of carbonyl (C=O) groups excluding carboxylic acids is 2. The van der Waals surface area contributed by atoms with E-state index in [2.05, 4.69) is 5.32 Å². The molecule has 2 N–H and O–H groups in total. The number of nitrogens with one attached hydrogen (secondary N) is 1. The average Bonchev–Trinajstić information content (AvgIpc) is 3.19. The quantitative estimate of drug-likeness (QED) is 0.291. The van der Waals surface area contributed by atoms with Crippen LogP contribution in [0.1, 0.15) is 38.1 Å². The SMILES string of the molecule is CC(CNC(=O)OC(C)(C)C)N(C(=O)c1ccc(Cl)cc1Cl)c1cc(-c2ccccc2)sc1OC(=O)O. The topological polar surface area (TPSA) is 105 Å². The highest BCUT2D eigenvalue weighted by Gasteiger charge is 2.31. The third kappa shape index (κ3) is 7.61. The first-order chi connectivity index (χ1) is 17.4. The van der Waals surface area contributed by atoms with Gasteiger partial charge in [0, 0.05) is 16.4 Å². The zero-order valence-corrected chi connectivity index (χ0v) is 22.9. The summed E-state index contributed by atoms with van der Waals surface area (Å²) < 4.78 is 10.4. The predicted molar refractivity (Wildman–Crippen MR) is 145 cm³/mol. The predicted octanol–water partition coefficient (Wildman–Crippen LogP) is 7.34. The van der Waals surface area contributed by atoms with Gasteiger partial charge in [-0.2, -0.15) is 0 Å². The molecule has 0 aliphatic rings. The maximum absolute atomic E-state index is 13.8. The first kappa shape index (κ1) is 28.3. The van der Waals surface area contributed by atoms with Crippen LogP contribution in [0.4, 0.5) is 15.3 Å². The van der Waals surface area contributed by atoms with E-state index in [4.69, 9.17) is 32.7 Å². The number of anilines is 1. The minimum Gasteiger partial charge on any atom is -0.449 e. The van der Waals surface area contributed by atoms with Gasteiger partial charge in [-0.05, 0) is 57.5 Å². The van der Waals surface area contributed by atoms with Crippen LogP contribution in [-0.4, -0.2) is 41.4 Å². The van der Waals surface area contributed by atoms with E-state index in [1.165, 1.54) is 23.1 Å². The molecule has 11 heteroatoms. The summed E-state index contributed by atoms with van der Waals surface area (Å²) in [5, 5.41) is 12.5. The maximum Gasteiger partial charge on any atom is 0.512 e. The van der Waals surface area contributed by atoms with E-state index in [9.17, 15) is 19.5 Å². The molecule has 1 heterocycles. The van der Waals surface area contributed by atoms with Gasteiger partial charge in [0.2, 0.25) is 5.06 Å². The van der Waals surface area contributed by atoms with E-state index in [1.54, 1.807) is 33.8 Å². The van der Waals surface area contributed by atoms with Crippen molar-refractivity contribution in [2.45, 2.75) is 39.3 Å². The second-order valence-electron chi connectivity index (χ2n) is 9.05. The summed E-state index contributed by atoms with van der Waals surface area (Å²) in [7, 11) is 0. The average molecular weight is 565 g/mol. The Bertz CT molecular complexity index is 1290. The third-order valence-corrected chi connectivity index (χ3v) is 6.54. The van der Waals surface area contributed by atoms with Gasteiger partial charge in [0.25, 0.3) is 5.91 Å². The fourth-order valence-electron chi connectivity index (χ4n) is 3.41. The molecule has 3 aromatic rings. The Balaban J connectivity index is 2.06. The highest BCUT2D eigenvalue weighted by Crippen LogP contribution is 2.44. The highest BCUT2D eigenvalue weighted by molar-refractivity contribution is 7.18. The van der Waals surface area contributed by atoms with Gasteiger partial charge in [-0.15, -0.1) is 0 Å². The second kappa shape index (κ2) is 11.9. The molecular weight excluding hydrogens is 539 g/mol. The zero-order chi connectivity index (χ0) is 27.3. The molecule has 1 atom stereocenters. The van der Waals surface area contributed by atoms with Crippen LogP contribution in [-0.2, 0) is 4.74 Å². The largest absolute Gasteiger partial charge is 0.512 e. The summed E-state index contributed by atoms with van der Waals surface area (Å²) in [4.78, 5) is 39.6. The Morgan fingerprint density at radius 3 is 2.35 bits per heavy atom. The van der Waals surface area contributed by atoms with Crippen LogP contribution >= 0.6 is 34.5 Å². The van der Waals surface area contributed by atoms with E-state index < -0.39 is 29.8 Å². The summed E-state index contributed by atoms with van der Waals surface area (Å²) in [5.74, 6) is -0.534. The smallest absolute Gasteiger partial charge is 0.449 e. The molecule has 2 aromatic carbocycles. The van der Waals surface area contributed by atoms with E-state index in [-0.39, 0.29) is 27.9 Å². The molecule has 1 unspecified atom stereocenters. The fourth-order valence-corrected chi connectivity index (χ4v) is 4.89. The molecule has 2 amide bonds. The molecule has 37 heavy (non-hydrogen) atoms. The van der Waals surface area contributed by atoms with Crippen molar-refractivity contribution in [3.8, 4) is 15.5 Å². The zero-order valence-electron chi connectivity index (χ0n) is 20.6. The Labute approximate surface area is 228 Å². The van der Waals surface area contributed by atoms with Crippen LogP contribution < -0.4 is 15.0 Å². The molecule has 0 aliphatic carbocycles. The van der Waals surface area contributed by atoms with Gasteiger partial charge in [0.1, 0.15) is 5.60 Å². The van der Waals surface area contributed by atoms with Crippen molar-refractivity contribution in [1.29, 1.82) is 0 Å². The van der Waals surface area contributed by atoms with E-state index in [0.29, 0.717) is 9.90 Å². The van der Waals surface area contributed by atoms with Crippen molar-refractivity contribution < 1.29 is 29.0 Å². The van der Waals surface area contributed by atoms with Gasteiger partial charge < -0.3 is 19.9 Å². The molecule has 3 rings (SSSR count). The molecule has 0 spiro atoms. The molecule has 8 nitrogen and oxygen atoms in total. The minimum absolute atomic E-state index is 0.00507. The van der Waals surface area contributed by atoms with Crippen LogP contribution in [0.25, 0.3) is 10.4 Å². The van der Waals surface area contributed by atoms with Crippen LogP contribution in [0.5, 0.6) is 5.06 Å². The van der Waals surface area contributed by atoms with E-state index in [0.717, 1.165) is 16.9 Å². The normalized spacial score (nSPS) is 11.9. The number of ether oxygens (including phenoxy) is 2. The molecule has 196 valence electrons. The summed E-state index contributed by atoms with van der Waals surface area (Å²) in [5.41, 5.74) is 0.454. The van der Waals surface area contributed by atoms with Gasteiger partial charge in [0.05, 0.1) is 22.3 Å². The number of amides is 2. The second-order valence-corrected chi connectivity index (χ2v) is 10.9.